The van der Waals surface area contributed by atoms with Gasteiger partial charge in [-0.15, -0.1) is 0 Å². The highest BCUT2D eigenvalue weighted by Gasteiger charge is 1.94. The molecule has 0 rings (SSSR count). The summed E-state index contributed by atoms with van der Waals surface area (Å²) in [6.07, 6.45) is 3.43. The van der Waals surface area contributed by atoms with Crippen molar-refractivity contribution in [2.45, 2.75) is 6.92 Å². The highest BCUT2D eigenvalue weighted by Crippen LogP contribution is 1.80. The fraction of sp³-hybridized carbons (Fsp3) is 0.714. The Morgan fingerprint density at radius 3 is 2.82 bits per heavy atom. The summed E-state index contributed by atoms with van der Waals surface area (Å²) < 4.78 is 5.02. The van der Waals surface area contributed by atoms with Gasteiger partial charge in [-0.1, -0.05) is 6.08 Å². The standard InChI is InChI=1S/C7H16N2O2/c1-2-6-11-7-4-9(8)3-5-10/h2,6,10H,3-5,7-8H2,1H3. The number of ether oxygens (including phenoxy) is 1. The van der Waals surface area contributed by atoms with Crippen LogP contribution in [0.25, 0.3) is 0 Å². The second-order valence-corrected chi connectivity index (χ2v) is 2.10. The highest BCUT2D eigenvalue weighted by molar-refractivity contribution is 4.65. The van der Waals surface area contributed by atoms with Gasteiger partial charge in [-0.25, -0.2) is 5.01 Å². The fourth-order valence-corrected chi connectivity index (χ4v) is 0.574. The number of hydrogen-bond acceptors (Lipinski definition) is 4. The minimum atomic E-state index is 0.0834. The van der Waals surface area contributed by atoms with Gasteiger partial charge in [0.25, 0.3) is 0 Å². The molecule has 0 radical (unpaired) electrons. The molecular weight excluding hydrogens is 144 g/mol. The lowest BCUT2D eigenvalue weighted by molar-refractivity contribution is 0.152. The van der Waals surface area contributed by atoms with Gasteiger partial charge < -0.3 is 9.84 Å². The molecule has 66 valence electrons. The zero-order valence-corrected chi connectivity index (χ0v) is 6.86. The molecule has 0 saturated carbocycles. The van der Waals surface area contributed by atoms with Crippen LogP contribution < -0.4 is 5.84 Å². The van der Waals surface area contributed by atoms with Crippen molar-refractivity contribution in [1.82, 2.24) is 5.01 Å². The first-order valence-electron chi connectivity index (χ1n) is 3.64. The summed E-state index contributed by atoms with van der Waals surface area (Å²) >= 11 is 0. The van der Waals surface area contributed by atoms with E-state index in [0.29, 0.717) is 19.7 Å². The Bertz CT molecular complexity index is 107. The van der Waals surface area contributed by atoms with Crippen LogP contribution in [0.2, 0.25) is 0 Å². The molecule has 0 bridgehead atoms. The maximum atomic E-state index is 8.46. The van der Waals surface area contributed by atoms with Crippen molar-refractivity contribution in [3.05, 3.63) is 12.3 Å². The van der Waals surface area contributed by atoms with E-state index in [0.717, 1.165) is 0 Å². The van der Waals surface area contributed by atoms with E-state index < -0.39 is 0 Å². The number of allylic oxidation sites excluding steroid dienone is 1. The first kappa shape index (κ1) is 10.4. The average molecular weight is 160 g/mol. The SMILES string of the molecule is CC=COCCN(N)CCO. The first-order chi connectivity index (χ1) is 5.31. The summed E-state index contributed by atoms with van der Waals surface area (Å²) in [7, 11) is 0. The van der Waals surface area contributed by atoms with Crippen molar-refractivity contribution in [2.75, 3.05) is 26.3 Å². The van der Waals surface area contributed by atoms with Crippen LogP contribution in [0, 0.1) is 0 Å². The van der Waals surface area contributed by atoms with E-state index in [1.165, 1.54) is 5.01 Å². The molecule has 3 N–H and O–H groups in total. The van der Waals surface area contributed by atoms with Crippen LogP contribution in [0.15, 0.2) is 12.3 Å². The van der Waals surface area contributed by atoms with Crippen molar-refractivity contribution < 1.29 is 9.84 Å². The van der Waals surface area contributed by atoms with Gasteiger partial charge in [0.15, 0.2) is 0 Å². The number of rotatable bonds is 6. The Balaban J connectivity index is 3.10. The van der Waals surface area contributed by atoms with Crippen LogP contribution in [0.4, 0.5) is 0 Å². The lowest BCUT2D eigenvalue weighted by atomic mass is 10.6. The second-order valence-electron chi connectivity index (χ2n) is 2.10. The third-order valence-corrected chi connectivity index (χ3v) is 1.12. The Labute approximate surface area is 67.2 Å². The van der Waals surface area contributed by atoms with Gasteiger partial charge in [0.05, 0.1) is 12.9 Å². The highest BCUT2D eigenvalue weighted by atomic mass is 16.5. The van der Waals surface area contributed by atoms with Gasteiger partial charge >= 0.3 is 0 Å². The van der Waals surface area contributed by atoms with Crippen LogP contribution >= 0.6 is 0 Å². The van der Waals surface area contributed by atoms with E-state index in [-0.39, 0.29) is 6.61 Å². The number of aliphatic hydroxyl groups is 1. The first-order valence-corrected chi connectivity index (χ1v) is 3.64. The normalized spacial score (nSPS) is 11.3. The number of nitrogens with zero attached hydrogens (tertiary/aromatic N) is 1. The third kappa shape index (κ3) is 7.32. The van der Waals surface area contributed by atoms with E-state index in [2.05, 4.69) is 0 Å². The summed E-state index contributed by atoms with van der Waals surface area (Å²) in [5.74, 6) is 5.44. The molecule has 0 fully saturated rings. The predicted molar refractivity (Wildman–Crippen MR) is 43.6 cm³/mol. The smallest absolute Gasteiger partial charge is 0.101 e. The van der Waals surface area contributed by atoms with Crippen molar-refractivity contribution >= 4 is 0 Å². The molecule has 0 spiro atoms. The molecule has 0 aromatic carbocycles. The van der Waals surface area contributed by atoms with Crippen LogP contribution in [-0.4, -0.2) is 36.4 Å². The van der Waals surface area contributed by atoms with E-state index in [1.807, 2.05) is 13.0 Å². The summed E-state index contributed by atoms with van der Waals surface area (Å²) in [5.41, 5.74) is 0. The molecule has 0 heterocycles. The average Bonchev–Trinajstić information content (AvgIpc) is 1.99. The summed E-state index contributed by atoms with van der Waals surface area (Å²) in [6.45, 7) is 3.64. The minimum Gasteiger partial charge on any atom is -0.500 e. The van der Waals surface area contributed by atoms with Crippen molar-refractivity contribution in [3.8, 4) is 0 Å². The molecule has 0 aromatic rings. The van der Waals surface area contributed by atoms with Crippen molar-refractivity contribution in [3.63, 3.8) is 0 Å². The van der Waals surface area contributed by atoms with Gasteiger partial charge in [-0.3, -0.25) is 5.84 Å². The molecule has 11 heavy (non-hydrogen) atoms. The molecule has 4 nitrogen and oxygen atoms in total. The summed E-state index contributed by atoms with van der Waals surface area (Å²) in [5, 5.41) is 9.98. The molecule has 4 heteroatoms. The monoisotopic (exact) mass is 160 g/mol. The van der Waals surface area contributed by atoms with Crippen molar-refractivity contribution in [2.24, 2.45) is 5.84 Å². The largest absolute Gasteiger partial charge is 0.500 e. The Kier molecular flexibility index (Phi) is 7.13. The number of nitrogens with two attached hydrogens (primary N) is 1. The van der Waals surface area contributed by atoms with Crippen LogP contribution in [0.1, 0.15) is 6.92 Å². The van der Waals surface area contributed by atoms with Crippen LogP contribution in [0.3, 0.4) is 0 Å². The molecule has 0 amide bonds. The number of hydrazine groups is 1. The Morgan fingerprint density at radius 1 is 1.55 bits per heavy atom. The third-order valence-electron chi connectivity index (χ3n) is 1.12. The second kappa shape index (κ2) is 7.53. The zero-order chi connectivity index (χ0) is 8.53. The van der Waals surface area contributed by atoms with E-state index in [1.54, 1.807) is 6.26 Å². The number of hydrogen-bond donors (Lipinski definition) is 2. The maximum Gasteiger partial charge on any atom is 0.101 e. The van der Waals surface area contributed by atoms with E-state index in [4.69, 9.17) is 15.7 Å². The zero-order valence-electron chi connectivity index (χ0n) is 6.86. The van der Waals surface area contributed by atoms with E-state index in [9.17, 15) is 0 Å². The Morgan fingerprint density at radius 2 is 2.27 bits per heavy atom. The molecule has 0 aromatic heterocycles. The van der Waals surface area contributed by atoms with Crippen LogP contribution in [0.5, 0.6) is 0 Å². The quantitative estimate of drug-likeness (QED) is 0.242. The lowest BCUT2D eigenvalue weighted by Gasteiger charge is -2.13. The molecule has 0 aliphatic carbocycles. The lowest BCUT2D eigenvalue weighted by Crippen LogP contribution is -2.36. The topological polar surface area (TPSA) is 58.7 Å². The van der Waals surface area contributed by atoms with Gasteiger partial charge in [0, 0.05) is 13.1 Å². The molecule has 0 aliphatic heterocycles. The maximum absolute atomic E-state index is 8.46. The van der Waals surface area contributed by atoms with Crippen LogP contribution in [-0.2, 0) is 4.74 Å². The number of aliphatic hydroxyl groups excluding tert-OH is 1. The Hall–Kier alpha value is -0.580. The molecule has 0 atom stereocenters. The summed E-state index contributed by atoms with van der Waals surface area (Å²) in [4.78, 5) is 0. The molecule has 0 unspecified atom stereocenters. The van der Waals surface area contributed by atoms with Crippen molar-refractivity contribution in [1.29, 1.82) is 0 Å². The molecular formula is C7H16N2O2. The van der Waals surface area contributed by atoms with Gasteiger partial charge in [-0.2, -0.15) is 0 Å². The van der Waals surface area contributed by atoms with Gasteiger partial charge in [0.2, 0.25) is 0 Å². The summed E-state index contributed by atoms with van der Waals surface area (Å²) in [6, 6.07) is 0. The fourth-order valence-electron chi connectivity index (χ4n) is 0.574. The van der Waals surface area contributed by atoms with Gasteiger partial charge in [-0.05, 0) is 6.92 Å². The molecule has 0 aliphatic rings. The van der Waals surface area contributed by atoms with Gasteiger partial charge in [0.1, 0.15) is 6.61 Å². The molecule has 0 saturated heterocycles. The van der Waals surface area contributed by atoms with E-state index >= 15 is 0 Å². The predicted octanol–water partition coefficient (Wildman–Crippen LogP) is -0.295. The minimum absolute atomic E-state index is 0.0834.